The van der Waals surface area contributed by atoms with Gasteiger partial charge >= 0.3 is 12.1 Å². The van der Waals surface area contributed by atoms with Gasteiger partial charge in [0.2, 0.25) is 9.84 Å². The van der Waals surface area contributed by atoms with E-state index in [1.54, 1.807) is 30.3 Å². The van der Waals surface area contributed by atoms with E-state index in [2.05, 4.69) is 9.97 Å². The molecule has 0 amide bonds. The van der Waals surface area contributed by atoms with E-state index in [9.17, 15) is 21.6 Å². The Morgan fingerprint density at radius 1 is 1.12 bits per heavy atom. The third-order valence-electron chi connectivity index (χ3n) is 4.45. The Bertz CT molecular complexity index is 1250. The molecule has 3 rings (SSSR count). The number of H-pyrrole nitrogens is 1. The maximum atomic E-state index is 12.1. The first-order chi connectivity index (χ1) is 14.8. The summed E-state index contributed by atoms with van der Waals surface area (Å²) in [6.07, 6.45) is -4.12. The number of nitrogens with zero attached hydrogens (tertiary/aromatic N) is 2. The number of hydrogen-bond donors (Lipinski definition) is 2. The second-order valence-electron chi connectivity index (χ2n) is 7.03. The van der Waals surface area contributed by atoms with Crippen LogP contribution in [0.5, 0.6) is 0 Å². The Kier molecular flexibility index (Phi) is 7.10. The van der Waals surface area contributed by atoms with E-state index in [1.165, 1.54) is 0 Å². The van der Waals surface area contributed by atoms with Crippen molar-refractivity contribution in [3.8, 4) is 6.07 Å². The van der Waals surface area contributed by atoms with Gasteiger partial charge in [0.15, 0.2) is 0 Å². The highest BCUT2D eigenvalue weighted by atomic mass is 32.2. The number of aromatic amines is 1. The summed E-state index contributed by atoms with van der Waals surface area (Å²) < 4.78 is 55.9. The molecule has 168 valence electrons. The standard InChI is InChI=1S/C19H17N3O2S.C2HF3O2/c1-19(2,18-21-16-6-3-4-7-17(16)22-18)14-8-10-15(11-9-14)25(23,24)13-5-12-20;3-2(4,5)1(6)7/h3-11,13H,1-2H3,(H,21,22);(H,6,7). The molecule has 3 aromatic rings. The van der Waals surface area contributed by atoms with Crippen molar-refractivity contribution in [1.29, 1.82) is 5.26 Å². The van der Waals surface area contributed by atoms with Crippen molar-refractivity contribution < 1.29 is 31.5 Å². The molecule has 2 N–H and O–H groups in total. The van der Waals surface area contributed by atoms with Crippen LogP contribution in [0.3, 0.4) is 0 Å². The number of aromatic nitrogens is 2. The van der Waals surface area contributed by atoms with Gasteiger partial charge in [-0.15, -0.1) is 0 Å². The summed E-state index contributed by atoms with van der Waals surface area (Å²) in [5.74, 6) is -1.94. The zero-order valence-corrected chi connectivity index (χ0v) is 17.7. The molecule has 0 bridgehead atoms. The van der Waals surface area contributed by atoms with Gasteiger partial charge in [0.05, 0.1) is 22.0 Å². The second kappa shape index (κ2) is 9.23. The van der Waals surface area contributed by atoms with Gasteiger partial charge in [-0.3, -0.25) is 0 Å². The van der Waals surface area contributed by atoms with Gasteiger partial charge in [-0.2, -0.15) is 18.4 Å². The number of hydrogen-bond acceptors (Lipinski definition) is 5. The molecular weight excluding hydrogens is 447 g/mol. The zero-order chi connectivity index (χ0) is 24.2. The van der Waals surface area contributed by atoms with Gasteiger partial charge in [0, 0.05) is 16.9 Å². The van der Waals surface area contributed by atoms with Gasteiger partial charge in [0.25, 0.3) is 0 Å². The summed E-state index contributed by atoms with van der Waals surface area (Å²) in [6, 6.07) is 16.2. The molecule has 32 heavy (non-hydrogen) atoms. The number of alkyl halides is 3. The number of aliphatic carboxylic acids is 1. The van der Waals surface area contributed by atoms with Crippen molar-refractivity contribution in [2.24, 2.45) is 0 Å². The Hall–Kier alpha value is -3.65. The van der Waals surface area contributed by atoms with Crippen molar-refractivity contribution in [3.05, 3.63) is 71.4 Å². The highest BCUT2D eigenvalue weighted by molar-refractivity contribution is 7.94. The maximum Gasteiger partial charge on any atom is 0.490 e. The van der Waals surface area contributed by atoms with Crippen LogP contribution in [0.1, 0.15) is 25.2 Å². The highest BCUT2D eigenvalue weighted by Gasteiger charge is 2.38. The fourth-order valence-corrected chi connectivity index (χ4v) is 3.56. The first-order valence-corrected chi connectivity index (χ1v) is 10.5. The number of allylic oxidation sites excluding steroid dienone is 1. The molecule has 0 spiro atoms. The van der Waals surface area contributed by atoms with Crippen LogP contribution in [0.25, 0.3) is 11.0 Å². The van der Waals surface area contributed by atoms with Crippen LogP contribution in [0.15, 0.2) is 64.9 Å². The topological polar surface area (TPSA) is 124 Å². The van der Waals surface area contributed by atoms with E-state index >= 15 is 0 Å². The van der Waals surface area contributed by atoms with E-state index in [4.69, 9.17) is 15.2 Å². The quantitative estimate of drug-likeness (QED) is 0.553. The average Bonchev–Trinajstić information content (AvgIpc) is 3.17. The monoisotopic (exact) mass is 465 g/mol. The molecule has 0 aliphatic carbocycles. The number of carboxylic acids is 1. The van der Waals surface area contributed by atoms with E-state index in [1.807, 2.05) is 38.1 Å². The Morgan fingerprint density at radius 2 is 1.69 bits per heavy atom. The van der Waals surface area contributed by atoms with Crippen LogP contribution < -0.4 is 0 Å². The third kappa shape index (κ3) is 5.73. The molecule has 0 unspecified atom stereocenters. The summed E-state index contributed by atoms with van der Waals surface area (Å²) >= 11 is 0. The molecule has 0 saturated heterocycles. The lowest BCUT2D eigenvalue weighted by molar-refractivity contribution is -0.192. The number of carbonyl (C=O) groups is 1. The van der Waals surface area contributed by atoms with E-state index in [0.29, 0.717) is 0 Å². The van der Waals surface area contributed by atoms with Gasteiger partial charge in [-0.05, 0) is 43.7 Å². The molecule has 0 atom stereocenters. The smallest absolute Gasteiger partial charge is 0.475 e. The Morgan fingerprint density at radius 3 is 2.19 bits per heavy atom. The number of para-hydroxylation sites is 2. The molecular formula is C21H18F3N3O4S. The lowest BCUT2D eigenvalue weighted by Crippen LogP contribution is -2.21. The minimum absolute atomic E-state index is 0.156. The van der Waals surface area contributed by atoms with Crippen molar-refractivity contribution in [1.82, 2.24) is 9.97 Å². The second-order valence-corrected chi connectivity index (χ2v) is 8.87. The third-order valence-corrected chi connectivity index (χ3v) is 5.87. The van der Waals surface area contributed by atoms with Gasteiger partial charge in [-0.25, -0.2) is 18.2 Å². The zero-order valence-electron chi connectivity index (χ0n) is 16.9. The number of nitriles is 1. The van der Waals surface area contributed by atoms with Crippen LogP contribution in [0.2, 0.25) is 0 Å². The normalized spacial score (nSPS) is 12.2. The molecule has 11 heteroatoms. The molecule has 0 saturated carbocycles. The van der Waals surface area contributed by atoms with E-state index < -0.39 is 27.4 Å². The largest absolute Gasteiger partial charge is 0.490 e. The van der Waals surface area contributed by atoms with E-state index in [-0.39, 0.29) is 4.90 Å². The average molecular weight is 465 g/mol. The first-order valence-electron chi connectivity index (χ1n) is 8.96. The molecule has 0 fully saturated rings. The first kappa shape index (κ1) is 24.6. The van der Waals surface area contributed by atoms with Gasteiger partial charge in [0.1, 0.15) is 5.82 Å². The number of sulfone groups is 1. The summed E-state index contributed by atoms with van der Waals surface area (Å²) in [5, 5.41) is 16.5. The number of rotatable bonds is 4. The SMILES string of the molecule is CC(C)(c1ccc(S(=O)(=O)C=CC#N)cc1)c1nc2ccccc2[nH]1.O=C(O)C(F)(F)F. The van der Waals surface area contributed by atoms with Crippen LogP contribution in [0, 0.1) is 11.3 Å². The predicted octanol–water partition coefficient (Wildman–Crippen LogP) is 4.33. The van der Waals surface area contributed by atoms with Crippen LogP contribution >= 0.6 is 0 Å². The Labute approximate surface area is 181 Å². The number of nitrogens with one attached hydrogen (secondary N) is 1. The summed E-state index contributed by atoms with van der Waals surface area (Å²) in [7, 11) is -3.60. The molecule has 0 aliphatic heterocycles. The fraction of sp³-hybridized carbons (Fsp3) is 0.190. The fourth-order valence-electron chi connectivity index (χ4n) is 2.65. The van der Waals surface area contributed by atoms with Crippen molar-refractivity contribution in [2.45, 2.75) is 30.3 Å². The van der Waals surface area contributed by atoms with Crippen molar-refractivity contribution in [2.75, 3.05) is 0 Å². The minimum Gasteiger partial charge on any atom is -0.475 e. The number of fused-ring (bicyclic) bond motifs is 1. The van der Waals surface area contributed by atoms with Gasteiger partial charge in [-0.1, -0.05) is 24.3 Å². The summed E-state index contributed by atoms with van der Waals surface area (Å²) in [4.78, 5) is 17.0. The number of imidazole rings is 1. The maximum absolute atomic E-state index is 12.1. The molecule has 0 aliphatic rings. The molecule has 1 heterocycles. The predicted molar refractivity (Wildman–Crippen MR) is 110 cm³/mol. The van der Waals surface area contributed by atoms with Crippen molar-refractivity contribution >= 4 is 26.8 Å². The lowest BCUT2D eigenvalue weighted by atomic mass is 9.84. The number of benzene rings is 2. The summed E-state index contributed by atoms with van der Waals surface area (Å²) in [6.45, 7) is 4.06. The Balaban J connectivity index is 0.000000451. The number of halogens is 3. The van der Waals surface area contributed by atoms with Crippen LogP contribution in [-0.2, 0) is 20.0 Å². The van der Waals surface area contributed by atoms with Gasteiger partial charge < -0.3 is 10.1 Å². The highest BCUT2D eigenvalue weighted by Crippen LogP contribution is 2.31. The minimum atomic E-state index is -5.08. The van der Waals surface area contributed by atoms with Crippen molar-refractivity contribution in [3.63, 3.8) is 0 Å². The van der Waals surface area contributed by atoms with Crippen LogP contribution in [0.4, 0.5) is 13.2 Å². The molecule has 7 nitrogen and oxygen atoms in total. The lowest BCUT2D eigenvalue weighted by Gasteiger charge is -2.23. The number of carboxylic acid groups (broad SMARTS) is 1. The summed E-state index contributed by atoms with van der Waals surface area (Å²) in [5.41, 5.74) is 2.39. The van der Waals surface area contributed by atoms with E-state index in [0.717, 1.165) is 33.9 Å². The molecule has 2 aromatic carbocycles. The molecule has 0 radical (unpaired) electrons. The molecule has 1 aromatic heterocycles. The van der Waals surface area contributed by atoms with Crippen LogP contribution in [-0.4, -0.2) is 35.6 Å².